The van der Waals surface area contributed by atoms with Crippen molar-refractivity contribution in [1.29, 1.82) is 0 Å². The Bertz CT molecular complexity index is 589. The molecule has 0 aliphatic heterocycles. The Morgan fingerprint density at radius 1 is 1.38 bits per heavy atom. The molecule has 0 bridgehead atoms. The molecule has 2 aromatic rings. The van der Waals surface area contributed by atoms with Crippen LogP contribution in [-0.2, 0) is 13.0 Å². The topological polar surface area (TPSA) is 34.9 Å². The number of halogens is 1. The van der Waals surface area contributed by atoms with Gasteiger partial charge in [0.05, 0.1) is 5.52 Å². The molecule has 1 aromatic heterocycles. The fourth-order valence-electron chi connectivity index (χ4n) is 1.82. The Kier molecular flexibility index (Phi) is 2.73. The Morgan fingerprint density at radius 2 is 2.12 bits per heavy atom. The first-order valence-corrected chi connectivity index (χ1v) is 5.37. The molecule has 0 unspecified atom stereocenters. The van der Waals surface area contributed by atoms with Crippen LogP contribution in [0.4, 0.5) is 4.39 Å². The minimum Gasteiger partial charge on any atom is -0.305 e. The normalized spacial score (nSPS) is 10.9. The van der Waals surface area contributed by atoms with Crippen molar-refractivity contribution in [2.45, 2.75) is 26.8 Å². The minimum absolute atomic E-state index is 0.122. The molecule has 0 aliphatic rings. The van der Waals surface area contributed by atoms with Crippen molar-refractivity contribution in [3.8, 4) is 0 Å². The predicted octanol–water partition coefficient (Wildman–Crippen LogP) is 2.12. The molecule has 0 N–H and O–H groups in total. The van der Waals surface area contributed by atoms with Crippen LogP contribution in [0.25, 0.3) is 11.0 Å². The fraction of sp³-hybridized carbons (Fsp3) is 0.333. The highest BCUT2D eigenvalue weighted by atomic mass is 19.1. The van der Waals surface area contributed by atoms with Gasteiger partial charge in [-0.15, -0.1) is 0 Å². The quantitative estimate of drug-likeness (QED) is 0.777. The number of aryl methyl sites for hydroxylation is 2. The van der Waals surface area contributed by atoms with Crippen LogP contribution in [0.1, 0.15) is 19.5 Å². The van der Waals surface area contributed by atoms with E-state index >= 15 is 0 Å². The second-order valence-electron chi connectivity index (χ2n) is 3.57. The summed E-state index contributed by atoms with van der Waals surface area (Å²) in [6.45, 7) is 4.23. The van der Waals surface area contributed by atoms with Crippen molar-refractivity contribution in [3.05, 3.63) is 40.1 Å². The zero-order chi connectivity index (χ0) is 11.7. The van der Waals surface area contributed by atoms with Gasteiger partial charge < -0.3 is 4.57 Å². The van der Waals surface area contributed by atoms with E-state index in [2.05, 4.69) is 4.98 Å². The van der Waals surface area contributed by atoms with Crippen LogP contribution in [0.15, 0.2) is 23.0 Å². The molecule has 1 heterocycles. The summed E-state index contributed by atoms with van der Waals surface area (Å²) in [7, 11) is 0. The smallest absolute Gasteiger partial charge is 0.272 e. The number of nitrogens with zero attached hydrogens (tertiary/aromatic N) is 2. The molecule has 0 fully saturated rings. The third-order valence-electron chi connectivity index (χ3n) is 2.65. The third kappa shape index (κ3) is 1.50. The van der Waals surface area contributed by atoms with Gasteiger partial charge in [0, 0.05) is 6.54 Å². The average molecular weight is 220 g/mol. The lowest BCUT2D eigenvalue weighted by molar-refractivity contribution is 0.632. The third-order valence-corrected chi connectivity index (χ3v) is 2.65. The van der Waals surface area contributed by atoms with E-state index < -0.39 is 0 Å². The summed E-state index contributed by atoms with van der Waals surface area (Å²) in [6, 6.07) is 4.67. The molecule has 84 valence electrons. The van der Waals surface area contributed by atoms with Crippen molar-refractivity contribution < 1.29 is 4.39 Å². The van der Waals surface area contributed by atoms with Gasteiger partial charge in [-0.3, -0.25) is 4.79 Å². The van der Waals surface area contributed by atoms with Gasteiger partial charge in [0.15, 0.2) is 5.82 Å². The standard InChI is InChI=1S/C12H13FN2O/c1-3-9-12(16)15(4-2)10-7-5-6-8(13)11(10)14-9/h5-7H,3-4H2,1-2H3. The van der Waals surface area contributed by atoms with Crippen LogP contribution in [0.2, 0.25) is 0 Å². The van der Waals surface area contributed by atoms with E-state index in [0.717, 1.165) is 0 Å². The molecule has 16 heavy (non-hydrogen) atoms. The van der Waals surface area contributed by atoms with Gasteiger partial charge in [0.2, 0.25) is 0 Å². The van der Waals surface area contributed by atoms with Crippen molar-refractivity contribution >= 4 is 11.0 Å². The first kappa shape index (κ1) is 10.8. The molecule has 0 saturated heterocycles. The van der Waals surface area contributed by atoms with Gasteiger partial charge in [0.1, 0.15) is 11.2 Å². The lowest BCUT2D eigenvalue weighted by atomic mass is 10.2. The van der Waals surface area contributed by atoms with Gasteiger partial charge in [-0.1, -0.05) is 13.0 Å². The molecular formula is C12H13FN2O. The number of benzene rings is 1. The molecule has 0 saturated carbocycles. The number of hydrogen-bond donors (Lipinski definition) is 0. The maximum atomic E-state index is 13.6. The highest BCUT2D eigenvalue weighted by molar-refractivity contribution is 5.75. The van der Waals surface area contributed by atoms with Crippen molar-refractivity contribution in [3.63, 3.8) is 0 Å². The molecule has 2 rings (SSSR count). The molecule has 0 atom stereocenters. The summed E-state index contributed by atoms with van der Waals surface area (Å²) in [5.41, 5.74) is 1.13. The summed E-state index contributed by atoms with van der Waals surface area (Å²) in [5, 5.41) is 0. The summed E-state index contributed by atoms with van der Waals surface area (Å²) >= 11 is 0. The van der Waals surface area contributed by atoms with Gasteiger partial charge in [-0.25, -0.2) is 9.37 Å². The van der Waals surface area contributed by atoms with E-state index in [9.17, 15) is 9.18 Å². The highest BCUT2D eigenvalue weighted by Gasteiger charge is 2.10. The second kappa shape index (κ2) is 4.04. The lowest BCUT2D eigenvalue weighted by Gasteiger charge is -2.09. The van der Waals surface area contributed by atoms with E-state index in [1.165, 1.54) is 6.07 Å². The number of para-hydroxylation sites is 1. The summed E-state index contributed by atoms with van der Waals surface area (Å²) in [5.74, 6) is -0.380. The first-order valence-electron chi connectivity index (χ1n) is 5.37. The van der Waals surface area contributed by atoms with Gasteiger partial charge in [-0.2, -0.15) is 0 Å². The minimum atomic E-state index is -0.380. The zero-order valence-corrected chi connectivity index (χ0v) is 9.33. The molecule has 1 aromatic carbocycles. The molecular weight excluding hydrogens is 207 g/mol. The maximum absolute atomic E-state index is 13.6. The number of rotatable bonds is 2. The number of hydrogen-bond acceptors (Lipinski definition) is 2. The van der Waals surface area contributed by atoms with E-state index in [4.69, 9.17) is 0 Å². The Hall–Kier alpha value is -1.71. The molecule has 0 aliphatic carbocycles. The van der Waals surface area contributed by atoms with E-state index in [1.54, 1.807) is 16.7 Å². The second-order valence-corrected chi connectivity index (χ2v) is 3.57. The van der Waals surface area contributed by atoms with Crippen LogP contribution in [0.5, 0.6) is 0 Å². The Labute approximate surface area is 92.5 Å². The molecule has 0 amide bonds. The predicted molar refractivity (Wildman–Crippen MR) is 61.0 cm³/mol. The van der Waals surface area contributed by atoms with Crippen LogP contribution in [0, 0.1) is 5.82 Å². The molecule has 3 nitrogen and oxygen atoms in total. The summed E-state index contributed by atoms with van der Waals surface area (Å²) in [4.78, 5) is 16.0. The fourth-order valence-corrected chi connectivity index (χ4v) is 1.82. The molecule has 4 heteroatoms. The van der Waals surface area contributed by atoms with Gasteiger partial charge >= 0.3 is 0 Å². The van der Waals surface area contributed by atoms with Crippen LogP contribution in [0.3, 0.4) is 0 Å². The Balaban J connectivity index is 2.96. The monoisotopic (exact) mass is 220 g/mol. The number of aromatic nitrogens is 2. The molecule has 0 spiro atoms. The van der Waals surface area contributed by atoms with Gasteiger partial charge in [0.25, 0.3) is 5.56 Å². The maximum Gasteiger partial charge on any atom is 0.272 e. The van der Waals surface area contributed by atoms with Crippen molar-refractivity contribution in [2.75, 3.05) is 0 Å². The lowest BCUT2D eigenvalue weighted by Crippen LogP contribution is -2.25. The van der Waals surface area contributed by atoms with Crippen molar-refractivity contribution in [2.24, 2.45) is 0 Å². The Morgan fingerprint density at radius 3 is 2.75 bits per heavy atom. The average Bonchev–Trinajstić information content (AvgIpc) is 2.29. The van der Waals surface area contributed by atoms with Crippen LogP contribution < -0.4 is 5.56 Å². The summed E-state index contributed by atoms with van der Waals surface area (Å²) < 4.78 is 15.1. The van der Waals surface area contributed by atoms with Crippen molar-refractivity contribution in [1.82, 2.24) is 9.55 Å². The van der Waals surface area contributed by atoms with E-state index in [0.29, 0.717) is 24.2 Å². The van der Waals surface area contributed by atoms with Crippen LogP contribution in [-0.4, -0.2) is 9.55 Å². The molecule has 0 radical (unpaired) electrons. The van der Waals surface area contributed by atoms with Crippen LogP contribution >= 0.6 is 0 Å². The zero-order valence-electron chi connectivity index (χ0n) is 9.33. The van der Waals surface area contributed by atoms with E-state index in [-0.39, 0.29) is 16.9 Å². The largest absolute Gasteiger partial charge is 0.305 e. The number of fused-ring (bicyclic) bond motifs is 1. The van der Waals surface area contributed by atoms with E-state index in [1.807, 2.05) is 13.8 Å². The summed E-state index contributed by atoms with van der Waals surface area (Å²) in [6.07, 6.45) is 0.517. The SMILES string of the molecule is CCc1nc2c(F)cccc2n(CC)c1=O. The first-order chi connectivity index (χ1) is 7.69. The van der Waals surface area contributed by atoms with Gasteiger partial charge in [-0.05, 0) is 25.5 Å². The highest BCUT2D eigenvalue weighted by Crippen LogP contribution is 2.14.